The second-order valence-electron chi connectivity index (χ2n) is 4.51. The number of imidazole rings is 1. The summed E-state index contributed by atoms with van der Waals surface area (Å²) in [5.41, 5.74) is 8.38. The summed E-state index contributed by atoms with van der Waals surface area (Å²) in [6.07, 6.45) is 7.86. The number of nitrogens with two attached hydrogens (primary N) is 1. The molecule has 0 fully saturated rings. The first-order chi connectivity index (χ1) is 8.81. The van der Waals surface area contributed by atoms with Gasteiger partial charge in [-0.2, -0.15) is 0 Å². The lowest BCUT2D eigenvalue weighted by Gasteiger charge is -2.10. The number of hydrogen-bond acceptors (Lipinski definition) is 4. The third kappa shape index (κ3) is 3.41. The molecule has 2 rings (SSSR count). The molecule has 1 aromatic rings. The maximum atomic E-state index is 5.92. The Kier molecular flexibility index (Phi) is 4.92. The van der Waals surface area contributed by atoms with Crippen LogP contribution < -0.4 is 5.73 Å². The van der Waals surface area contributed by atoms with Crippen molar-refractivity contribution < 1.29 is 9.47 Å². The Hall–Kier alpha value is -1.17. The van der Waals surface area contributed by atoms with Crippen molar-refractivity contribution in [1.82, 2.24) is 9.55 Å². The van der Waals surface area contributed by atoms with E-state index in [-0.39, 0.29) is 6.04 Å². The molecule has 0 saturated carbocycles. The zero-order chi connectivity index (χ0) is 12.8. The number of hydrogen-bond donors (Lipinski definition) is 1. The number of nitrogens with zero attached hydrogens (tertiary/aromatic N) is 2. The molecule has 1 aliphatic carbocycles. The molecule has 1 unspecified atom stereocenters. The molecular formula is C13H21N3O2. The summed E-state index contributed by atoms with van der Waals surface area (Å²) < 4.78 is 12.5. The van der Waals surface area contributed by atoms with Gasteiger partial charge < -0.3 is 19.8 Å². The lowest BCUT2D eigenvalue weighted by Crippen LogP contribution is -2.15. The van der Waals surface area contributed by atoms with Crippen molar-refractivity contribution in [3.8, 4) is 0 Å². The number of aromatic nitrogens is 2. The summed E-state index contributed by atoms with van der Waals surface area (Å²) in [4.78, 5) is 4.21. The molecule has 1 atom stereocenters. The first kappa shape index (κ1) is 13.3. The summed E-state index contributed by atoms with van der Waals surface area (Å²) in [6, 6.07) is 0.265. The fraction of sp³-hybridized carbons (Fsp3) is 0.615. The lowest BCUT2D eigenvalue weighted by molar-refractivity contribution is 0.0665. The molecule has 5 heteroatoms. The van der Waals surface area contributed by atoms with Gasteiger partial charge in [0, 0.05) is 19.7 Å². The Morgan fingerprint density at radius 2 is 2.33 bits per heavy atom. The number of rotatable bonds is 7. The van der Waals surface area contributed by atoms with E-state index in [1.165, 1.54) is 11.3 Å². The van der Waals surface area contributed by atoms with Crippen LogP contribution in [0.3, 0.4) is 0 Å². The van der Waals surface area contributed by atoms with Gasteiger partial charge in [-0.3, -0.25) is 0 Å². The average molecular weight is 251 g/mol. The molecular weight excluding hydrogens is 230 g/mol. The van der Waals surface area contributed by atoms with E-state index in [4.69, 9.17) is 15.2 Å². The van der Waals surface area contributed by atoms with Gasteiger partial charge in [0.15, 0.2) is 0 Å². The first-order valence-electron chi connectivity index (χ1n) is 6.33. The summed E-state index contributed by atoms with van der Waals surface area (Å²) in [7, 11) is 1.67. The second-order valence-corrected chi connectivity index (χ2v) is 4.51. The largest absolute Gasteiger partial charge is 0.382 e. The van der Waals surface area contributed by atoms with Gasteiger partial charge in [0.05, 0.1) is 38.0 Å². The minimum Gasteiger partial charge on any atom is -0.382 e. The van der Waals surface area contributed by atoms with Crippen molar-refractivity contribution in [3.05, 3.63) is 24.3 Å². The molecule has 1 aromatic heterocycles. The van der Waals surface area contributed by atoms with Crippen molar-refractivity contribution in [2.24, 2.45) is 5.73 Å². The molecule has 0 amide bonds. The van der Waals surface area contributed by atoms with Crippen LogP contribution in [0.15, 0.2) is 18.6 Å². The molecule has 18 heavy (non-hydrogen) atoms. The molecule has 100 valence electrons. The van der Waals surface area contributed by atoms with Crippen molar-refractivity contribution in [1.29, 1.82) is 0 Å². The third-order valence-corrected chi connectivity index (χ3v) is 3.10. The maximum Gasteiger partial charge on any atom is 0.0951 e. The van der Waals surface area contributed by atoms with Crippen LogP contribution in [0.1, 0.15) is 18.5 Å². The molecule has 0 aliphatic heterocycles. The molecule has 2 N–H and O–H groups in total. The van der Waals surface area contributed by atoms with Crippen molar-refractivity contribution in [2.75, 3.05) is 26.9 Å². The van der Waals surface area contributed by atoms with Crippen LogP contribution in [-0.4, -0.2) is 42.5 Å². The zero-order valence-electron chi connectivity index (χ0n) is 10.8. The molecule has 0 spiro atoms. The van der Waals surface area contributed by atoms with Crippen LogP contribution in [-0.2, 0) is 16.0 Å². The van der Waals surface area contributed by atoms with E-state index < -0.39 is 0 Å². The van der Waals surface area contributed by atoms with E-state index in [2.05, 4.69) is 15.6 Å². The lowest BCUT2D eigenvalue weighted by atomic mass is 10.1. The van der Waals surface area contributed by atoms with Gasteiger partial charge in [0.1, 0.15) is 0 Å². The van der Waals surface area contributed by atoms with Crippen molar-refractivity contribution in [2.45, 2.75) is 25.4 Å². The highest BCUT2D eigenvalue weighted by molar-refractivity contribution is 5.65. The first-order valence-corrected chi connectivity index (χ1v) is 6.33. The van der Waals surface area contributed by atoms with Gasteiger partial charge in [0.2, 0.25) is 0 Å². The summed E-state index contributed by atoms with van der Waals surface area (Å²) in [6.45, 7) is 2.75. The predicted octanol–water partition coefficient (Wildman–Crippen LogP) is 1.05. The van der Waals surface area contributed by atoms with Crippen molar-refractivity contribution >= 4 is 5.57 Å². The van der Waals surface area contributed by atoms with E-state index in [0.29, 0.717) is 19.8 Å². The Balaban J connectivity index is 1.84. The quantitative estimate of drug-likeness (QED) is 0.736. The number of methoxy groups -OCH3 is 1. The normalized spacial score (nSPS) is 19.2. The van der Waals surface area contributed by atoms with Gasteiger partial charge in [-0.15, -0.1) is 0 Å². The van der Waals surface area contributed by atoms with Crippen LogP contribution in [0.2, 0.25) is 0 Å². The SMILES string of the molecule is COCCOCCn1cncc1C1=CCC(N)C1. The van der Waals surface area contributed by atoms with Gasteiger partial charge in [-0.1, -0.05) is 6.08 Å². The topological polar surface area (TPSA) is 62.3 Å². The van der Waals surface area contributed by atoms with Gasteiger partial charge >= 0.3 is 0 Å². The highest BCUT2D eigenvalue weighted by Gasteiger charge is 2.17. The minimum atomic E-state index is 0.265. The van der Waals surface area contributed by atoms with E-state index in [0.717, 1.165) is 19.4 Å². The highest BCUT2D eigenvalue weighted by Crippen LogP contribution is 2.26. The van der Waals surface area contributed by atoms with Crippen LogP contribution in [0.4, 0.5) is 0 Å². The Morgan fingerprint density at radius 1 is 1.44 bits per heavy atom. The monoisotopic (exact) mass is 251 g/mol. The fourth-order valence-electron chi connectivity index (χ4n) is 2.13. The predicted molar refractivity (Wildman–Crippen MR) is 70.1 cm³/mol. The standard InChI is InChI=1S/C13H21N3O2/c1-17-6-7-18-5-4-16-10-15-9-13(16)11-2-3-12(14)8-11/h2,9-10,12H,3-8,14H2,1H3. The summed E-state index contributed by atoms with van der Waals surface area (Å²) in [5.74, 6) is 0. The van der Waals surface area contributed by atoms with Gasteiger partial charge in [0.25, 0.3) is 0 Å². The van der Waals surface area contributed by atoms with Crippen LogP contribution in [0.5, 0.6) is 0 Å². The summed E-state index contributed by atoms with van der Waals surface area (Å²) >= 11 is 0. The highest BCUT2D eigenvalue weighted by atomic mass is 16.5. The second kappa shape index (κ2) is 6.68. The van der Waals surface area contributed by atoms with Crippen LogP contribution in [0.25, 0.3) is 5.57 Å². The fourth-order valence-corrected chi connectivity index (χ4v) is 2.13. The molecule has 0 aromatic carbocycles. The van der Waals surface area contributed by atoms with E-state index in [1.54, 1.807) is 7.11 Å². The van der Waals surface area contributed by atoms with Crippen LogP contribution in [0, 0.1) is 0 Å². The average Bonchev–Trinajstić information content (AvgIpc) is 2.97. The van der Waals surface area contributed by atoms with Crippen LogP contribution >= 0.6 is 0 Å². The smallest absolute Gasteiger partial charge is 0.0951 e. The summed E-state index contributed by atoms with van der Waals surface area (Å²) in [5, 5.41) is 0. The van der Waals surface area contributed by atoms with E-state index in [1.807, 2.05) is 12.5 Å². The molecule has 0 radical (unpaired) electrons. The molecule has 1 heterocycles. The number of ether oxygens (including phenoxy) is 2. The minimum absolute atomic E-state index is 0.265. The molecule has 0 bridgehead atoms. The molecule has 0 saturated heterocycles. The zero-order valence-corrected chi connectivity index (χ0v) is 10.8. The Morgan fingerprint density at radius 3 is 3.06 bits per heavy atom. The Labute approximate surface area is 108 Å². The maximum absolute atomic E-state index is 5.92. The van der Waals surface area contributed by atoms with Crippen molar-refractivity contribution in [3.63, 3.8) is 0 Å². The van der Waals surface area contributed by atoms with Gasteiger partial charge in [-0.05, 0) is 18.4 Å². The van der Waals surface area contributed by atoms with E-state index in [9.17, 15) is 0 Å². The molecule has 1 aliphatic rings. The Bertz CT molecular complexity index is 401. The molecule has 5 nitrogen and oxygen atoms in total. The van der Waals surface area contributed by atoms with Gasteiger partial charge in [-0.25, -0.2) is 4.98 Å². The third-order valence-electron chi connectivity index (χ3n) is 3.10. The van der Waals surface area contributed by atoms with E-state index >= 15 is 0 Å².